The van der Waals surface area contributed by atoms with Crippen molar-refractivity contribution in [1.29, 1.82) is 0 Å². The van der Waals surface area contributed by atoms with Crippen molar-refractivity contribution in [2.75, 3.05) is 6.54 Å². The van der Waals surface area contributed by atoms with Gasteiger partial charge in [-0.15, -0.1) is 0 Å². The van der Waals surface area contributed by atoms with Gasteiger partial charge in [-0.3, -0.25) is 4.68 Å². The van der Waals surface area contributed by atoms with Crippen molar-refractivity contribution in [2.45, 2.75) is 71.4 Å². The van der Waals surface area contributed by atoms with Gasteiger partial charge in [-0.25, -0.2) is 0 Å². The van der Waals surface area contributed by atoms with Gasteiger partial charge in [-0.2, -0.15) is 5.10 Å². The Kier molecular flexibility index (Phi) is 5.44. The van der Waals surface area contributed by atoms with Gasteiger partial charge < -0.3 is 5.32 Å². The molecule has 0 aliphatic heterocycles. The van der Waals surface area contributed by atoms with Crippen LogP contribution in [-0.4, -0.2) is 22.4 Å². The minimum absolute atomic E-state index is 0.513. The van der Waals surface area contributed by atoms with Crippen LogP contribution in [0.25, 0.3) is 0 Å². The number of hydrogen-bond donors (Lipinski definition) is 1. The van der Waals surface area contributed by atoms with E-state index in [2.05, 4.69) is 43.0 Å². The third kappa shape index (κ3) is 4.64. The van der Waals surface area contributed by atoms with Gasteiger partial charge in [0.25, 0.3) is 0 Å². The first-order chi connectivity index (χ1) is 9.22. The Bertz CT molecular complexity index is 368. The van der Waals surface area contributed by atoms with Gasteiger partial charge in [0, 0.05) is 24.7 Å². The van der Waals surface area contributed by atoms with Crippen LogP contribution in [0.5, 0.6) is 0 Å². The number of nitrogens with zero attached hydrogens (tertiary/aromatic N) is 2. The molecule has 1 fully saturated rings. The summed E-state index contributed by atoms with van der Waals surface area (Å²) in [5, 5.41) is 8.43. The van der Waals surface area contributed by atoms with Crippen LogP contribution in [0.15, 0.2) is 12.3 Å². The maximum Gasteiger partial charge on any atom is 0.0640 e. The van der Waals surface area contributed by atoms with E-state index in [0.29, 0.717) is 12.1 Å². The van der Waals surface area contributed by atoms with Crippen LogP contribution >= 0.6 is 0 Å². The highest BCUT2D eigenvalue weighted by Gasteiger charge is 2.25. The molecule has 3 nitrogen and oxygen atoms in total. The average Bonchev–Trinajstić information content (AvgIpc) is 3.11. The fourth-order valence-corrected chi connectivity index (χ4v) is 2.51. The summed E-state index contributed by atoms with van der Waals surface area (Å²) >= 11 is 0. The summed E-state index contributed by atoms with van der Waals surface area (Å²) in [6.45, 7) is 7.81. The van der Waals surface area contributed by atoms with Crippen molar-refractivity contribution in [3.63, 3.8) is 0 Å². The molecule has 2 atom stereocenters. The summed E-state index contributed by atoms with van der Waals surface area (Å²) in [6.07, 6.45) is 9.77. The lowest BCUT2D eigenvalue weighted by Gasteiger charge is -2.17. The van der Waals surface area contributed by atoms with Gasteiger partial charge >= 0.3 is 0 Å². The largest absolute Gasteiger partial charge is 0.314 e. The highest BCUT2D eigenvalue weighted by atomic mass is 15.3. The zero-order chi connectivity index (χ0) is 13.7. The number of aromatic nitrogens is 2. The Labute approximate surface area is 117 Å². The molecule has 0 amide bonds. The third-order valence-corrected chi connectivity index (χ3v) is 4.16. The second-order valence-corrected chi connectivity index (χ2v) is 6.08. The highest BCUT2D eigenvalue weighted by molar-refractivity contribution is 5.03. The fraction of sp³-hybridized carbons (Fsp3) is 0.812. The lowest BCUT2D eigenvalue weighted by atomic mass is 10.0. The van der Waals surface area contributed by atoms with Crippen molar-refractivity contribution in [3.05, 3.63) is 18.0 Å². The monoisotopic (exact) mass is 263 g/mol. The standard InChI is InChI=1S/C16H29N3/c1-4-9-17-16(11-14-6-7-14)12-15-8-10-19(18-15)13(3)5-2/h8,10,13-14,16-17H,4-7,9,11-12H2,1-3H3. The molecule has 108 valence electrons. The van der Waals surface area contributed by atoms with E-state index in [4.69, 9.17) is 5.10 Å². The summed E-state index contributed by atoms with van der Waals surface area (Å²) in [6, 6.07) is 3.33. The van der Waals surface area contributed by atoms with Crippen LogP contribution in [0.4, 0.5) is 0 Å². The summed E-state index contributed by atoms with van der Waals surface area (Å²) in [7, 11) is 0. The van der Waals surface area contributed by atoms with Gasteiger partial charge in [-0.05, 0) is 44.7 Å². The zero-order valence-electron chi connectivity index (χ0n) is 12.7. The Hall–Kier alpha value is -0.830. The van der Waals surface area contributed by atoms with Crippen LogP contribution < -0.4 is 5.32 Å². The first kappa shape index (κ1) is 14.6. The summed E-state index contributed by atoms with van der Waals surface area (Å²) in [5.41, 5.74) is 1.24. The molecule has 1 aliphatic rings. The van der Waals surface area contributed by atoms with Crippen LogP contribution in [0.1, 0.15) is 64.6 Å². The molecule has 3 heteroatoms. The number of hydrogen-bond acceptors (Lipinski definition) is 2. The van der Waals surface area contributed by atoms with Crippen LogP contribution in [-0.2, 0) is 6.42 Å². The van der Waals surface area contributed by atoms with Gasteiger partial charge in [-0.1, -0.05) is 26.7 Å². The lowest BCUT2D eigenvalue weighted by Crippen LogP contribution is -2.32. The molecule has 0 bridgehead atoms. The van der Waals surface area contributed by atoms with E-state index in [1.807, 2.05) is 0 Å². The summed E-state index contributed by atoms with van der Waals surface area (Å²) in [5.74, 6) is 0.978. The summed E-state index contributed by atoms with van der Waals surface area (Å²) < 4.78 is 2.11. The molecule has 1 N–H and O–H groups in total. The van der Waals surface area contributed by atoms with Crippen molar-refractivity contribution < 1.29 is 0 Å². The van der Waals surface area contributed by atoms with Crippen molar-refractivity contribution in [1.82, 2.24) is 15.1 Å². The van der Waals surface area contributed by atoms with Gasteiger partial charge in [0.1, 0.15) is 0 Å². The minimum atomic E-state index is 0.513. The molecule has 1 aliphatic carbocycles. The molecular weight excluding hydrogens is 234 g/mol. The molecule has 1 heterocycles. The van der Waals surface area contributed by atoms with Crippen LogP contribution in [0.3, 0.4) is 0 Å². The van der Waals surface area contributed by atoms with E-state index in [1.165, 1.54) is 31.4 Å². The SMILES string of the molecule is CCCNC(Cc1ccn(C(C)CC)n1)CC1CC1. The molecule has 0 saturated heterocycles. The lowest BCUT2D eigenvalue weighted by molar-refractivity contribution is 0.439. The maximum absolute atomic E-state index is 4.73. The van der Waals surface area contributed by atoms with E-state index >= 15 is 0 Å². The van der Waals surface area contributed by atoms with Crippen LogP contribution in [0, 0.1) is 5.92 Å². The quantitative estimate of drug-likeness (QED) is 0.738. The third-order valence-electron chi connectivity index (χ3n) is 4.16. The van der Waals surface area contributed by atoms with E-state index in [-0.39, 0.29) is 0 Å². The van der Waals surface area contributed by atoms with Gasteiger partial charge in [0.05, 0.1) is 5.69 Å². The molecular formula is C16H29N3. The number of rotatable bonds is 9. The Balaban J connectivity index is 1.89. The van der Waals surface area contributed by atoms with Crippen molar-refractivity contribution in [3.8, 4) is 0 Å². The van der Waals surface area contributed by atoms with Crippen molar-refractivity contribution >= 4 is 0 Å². The Morgan fingerprint density at radius 1 is 1.42 bits per heavy atom. The first-order valence-corrected chi connectivity index (χ1v) is 8.00. The molecule has 2 rings (SSSR count). The molecule has 0 aromatic carbocycles. The van der Waals surface area contributed by atoms with Gasteiger partial charge in [0.2, 0.25) is 0 Å². The second-order valence-electron chi connectivity index (χ2n) is 6.08. The van der Waals surface area contributed by atoms with E-state index < -0.39 is 0 Å². The first-order valence-electron chi connectivity index (χ1n) is 8.00. The van der Waals surface area contributed by atoms with E-state index in [9.17, 15) is 0 Å². The molecule has 1 aromatic heterocycles. The second kappa shape index (κ2) is 7.09. The molecule has 19 heavy (non-hydrogen) atoms. The molecule has 2 unspecified atom stereocenters. The maximum atomic E-state index is 4.73. The summed E-state index contributed by atoms with van der Waals surface area (Å²) in [4.78, 5) is 0. The van der Waals surface area contributed by atoms with Crippen molar-refractivity contribution in [2.24, 2.45) is 5.92 Å². The smallest absolute Gasteiger partial charge is 0.0640 e. The minimum Gasteiger partial charge on any atom is -0.314 e. The molecule has 1 saturated carbocycles. The predicted molar refractivity (Wildman–Crippen MR) is 80.4 cm³/mol. The Morgan fingerprint density at radius 2 is 2.21 bits per heavy atom. The average molecular weight is 263 g/mol. The molecule has 0 spiro atoms. The van der Waals surface area contributed by atoms with E-state index in [0.717, 1.165) is 25.3 Å². The zero-order valence-corrected chi connectivity index (χ0v) is 12.7. The fourth-order valence-electron chi connectivity index (χ4n) is 2.51. The number of nitrogens with one attached hydrogen (secondary N) is 1. The predicted octanol–water partition coefficient (Wildman–Crippen LogP) is 3.56. The molecule has 0 radical (unpaired) electrons. The topological polar surface area (TPSA) is 29.9 Å². The normalized spacial score (nSPS) is 18.5. The van der Waals surface area contributed by atoms with Gasteiger partial charge in [0.15, 0.2) is 0 Å². The Morgan fingerprint density at radius 3 is 2.84 bits per heavy atom. The van der Waals surface area contributed by atoms with Crippen LogP contribution in [0.2, 0.25) is 0 Å². The van der Waals surface area contributed by atoms with E-state index in [1.54, 1.807) is 0 Å². The molecule has 1 aromatic rings. The highest BCUT2D eigenvalue weighted by Crippen LogP contribution is 2.34.